The van der Waals surface area contributed by atoms with Crippen molar-refractivity contribution in [2.75, 3.05) is 20.2 Å². The number of carbonyl (C=O) groups excluding carboxylic acids is 2. The van der Waals surface area contributed by atoms with E-state index in [1.54, 1.807) is 6.92 Å². The maximum absolute atomic E-state index is 12.8. The fourth-order valence-electron chi connectivity index (χ4n) is 2.66. The molecule has 23 heavy (non-hydrogen) atoms. The van der Waals surface area contributed by atoms with Gasteiger partial charge in [-0.05, 0) is 12.8 Å². The SMILES string of the molecule is CCc1oc(C(=O)N2CCC[C@@H](C(F)(F)F)C2)cc1C(=O)OC. The zero-order valence-electron chi connectivity index (χ0n) is 12.9. The summed E-state index contributed by atoms with van der Waals surface area (Å²) in [4.78, 5) is 25.1. The van der Waals surface area contributed by atoms with E-state index in [-0.39, 0.29) is 36.5 Å². The maximum atomic E-state index is 12.8. The van der Waals surface area contributed by atoms with Gasteiger partial charge in [-0.3, -0.25) is 4.79 Å². The fraction of sp³-hybridized carbons (Fsp3) is 0.600. The summed E-state index contributed by atoms with van der Waals surface area (Å²) in [5, 5.41) is 0. The van der Waals surface area contributed by atoms with E-state index in [1.807, 2.05) is 0 Å². The molecule has 5 nitrogen and oxygen atoms in total. The van der Waals surface area contributed by atoms with Crippen molar-refractivity contribution in [2.45, 2.75) is 32.4 Å². The molecule has 2 heterocycles. The predicted octanol–water partition coefficient (Wildman–Crippen LogP) is 3.04. The summed E-state index contributed by atoms with van der Waals surface area (Å²) in [6, 6.07) is 1.24. The van der Waals surface area contributed by atoms with Crippen LogP contribution < -0.4 is 0 Å². The Balaban J connectivity index is 2.20. The first-order chi connectivity index (χ1) is 10.8. The van der Waals surface area contributed by atoms with E-state index in [1.165, 1.54) is 13.2 Å². The molecule has 8 heteroatoms. The number of piperidine rings is 1. The average molecular weight is 333 g/mol. The van der Waals surface area contributed by atoms with Crippen molar-refractivity contribution >= 4 is 11.9 Å². The van der Waals surface area contributed by atoms with Crippen LogP contribution in [0.15, 0.2) is 10.5 Å². The fourth-order valence-corrected chi connectivity index (χ4v) is 2.66. The first-order valence-corrected chi connectivity index (χ1v) is 7.35. The molecule has 1 saturated heterocycles. The smallest absolute Gasteiger partial charge is 0.393 e. The molecule has 128 valence electrons. The Morgan fingerprint density at radius 1 is 1.43 bits per heavy atom. The van der Waals surface area contributed by atoms with Gasteiger partial charge in [-0.25, -0.2) is 4.79 Å². The molecule has 0 unspecified atom stereocenters. The standard InChI is InChI=1S/C15H18F3NO4/c1-3-11-10(14(21)22-2)7-12(23-11)13(20)19-6-4-5-9(8-19)15(16,17)18/h7,9H,3-6,8H2,1-2H3/t9-/m1/s1. The molecule has 2 rings (SSSR count). The number of aryl methyl sites for hydroxylation is 1. The number of amides is 1. The monoisotopic (exact) mass is 333 g/mol. The Bertz CT molecular complexity index is 594. The summed E-state index contributed by atoms with van der Waals surface area (Å²) >= 11 is 0. The highest BCUT2D eigenvalue weighted by Crippen LogP contribution is 2.33. The Kier molecular flexibility index (Phi) is 5.01. The normalized spacial score (nSPS) is 18.8. The lowest BCUT2D eigenvalue weighted by Gasteiger charge is -2.33. The number of halogens is 3. The molecule has 1 aliphatic heterocycles. The van der Waals surface area contributed by atoms with Crippen LogP contribution in [0, 0.1) is 5.92 Å². The molecule has 0 aliphatic carbocycles. The third-order valence-corrected chi connectivity index (χ3v) is 3.92. The van der Waals surface area contributed by atoms with Crippen LogP contribution in [0.1, 0.15) is 46.4 Å². The number of carbonyl (C=O) groups is 2. The zero-order chi connectivity index (χ0) is 17.2. The summed E-state index contributed by atoms with van der Waals surface area (Å²) in [7, 11) is 1.20. The number of nitrogens with zero attached hydrogens (tertiary/aromatic N) is 1. The minimum Gasteiger partial charge on any atom is -0.465 e. The van der Waals surface area contributed by atoms with Crippen molar-refractivity contribution in [1.82, 2.24) is 4.90 Å². The number of hydrogen-bond acceptors (Lipinski definition) is 4. The number of rotatable bonds is 3. The van der Waals surface area contributed by atoms with Crippen molar-refractivity contribution in [3.63, 3.8) is 0 Å². The van der Waals surface area contributed by atoms with E-state index in [2.05, 4.69) is 4.74 Å². The van der Waals surface area contributed by atoms with Gasteiger partial charge >= 0.3 is 12.1 Å². The molecule has 0 N–H and O–H groups in total. The molecule has 0 saturated carbocycles. The molecule has 0 spiro atoms. The van der Waals surface area contributed by atoms with E-state index >= 15 is 0 Å². The van der Waals surface area contributed by atoms with Crippen LogP contribution in [0.5, 0.6) is 0 Å². The van der Waals surface area contributed by atoms with Gasteiger partial charge in [0, 0.05) is 25.6 Å². The van der Waals surface area contributed by atoms with Crippen LogP contribution in [0.25, 0.3) is 0 Å². The van der Waals surface area contributed by atoms with Crippen LogP contribution in [-0.2, 0) is 11.2 Å². The van der Waals surface area contributed by atoms with E-state index in [9.17, 15) is 22.8 Å². The molecular weight excluding hydrogens is 315 g/mol. The van der Waals surface area contributed by atoms with E-state index in [0.717, 1.165) is 4.90 Å². The summed E-state index contributed by atoms with van der Waals surface area (Å²) in [5.74, 6) is -2.66. The Labute approximate surface area is 131 Å². The number of furan rings is 1. The molecule has 1 aliphatic rings. The van der Waals surface area contributed by atoms with Crippen LogP contribution >= 0.6 is 0 Å². The average Bonchev–Trinajstić information content (AvgIpc) is 2.97. The second kappa shape index (κ2) is 6.64. The highest BCUT2D eigenvalue weighted by atomic mass is 19.4. The topological polar surface area (TPSA) is 59.8 Å². The number of hydrogen-bond donors (Lipinski definition) is 0. The second-order valence-electron chi connectivity index (χ2n) is 5.42. The zero-order valence-corrected chi connectivity index (χ0v) is 12.9. The van der Waals surface area contributed by atoms with Gasteiger partial charge in [0.15, 0.2) is 5.76 Å². The van der Waals surface area contributed by atoms with Crippen molar-refractivity contribution in [1.29, 1.82) is 0 Å². The van der Waals surface area contributed by atoms with Gasteiger partial charge in [-0.15, -0.1) is 0 Å². The van der Waals surface area contributed by atoms with Gasteiger partial charge in [0.25, 0.3) is 5.91 Å². The van der Waals surface area contributed by atoms with Crippen LogP contribution in [0.3, 0.4) is 0 Å². The minimum atomic E-state index is -4.33. The van der Waals surface area contributed by atoms with Gasteiger partial charge in [0.05, 0.1) is 13.0 Å². The number of likely N-dealkylation sites (tertiary alicyclic amines) is 1. The van der Waals surface area contributed by atoms with E-state index in [0.29, 0.717) is 6.42 Å². The highest BCUT2D eigenvalue weighted by Gasteiger charge is 2.43. The summed E-state index contributed by atoms with van der Waals surface area (Å²) in [6.07, 6.45) is -3.67. The number of esters is 1. The molecule has 1 atom stereocenters. The Morgan fingerprint density at radius 2 is 2.13 bits per heavy atom. The van der Waals surface area contributed by atoms with Crippen molar-refractivity contribution < 1.29 is 31.9 Å². The Morgan fingerprint density at radius 3 is 2.70 bits per heavy atom. The van der Waals surface area contributed by atoms with Crippen LogP contribution in [0.2, 0.25) is 0 Å². The van der Waals surface area contributed by atoms with Gasteiger partial charge in [-0.2, -0.15) is 13.2 Å². The van der Waals surface area contributed by atoms with Gasteiger partial charge in [0.1, 0.15) is 11.3 Å². The minimum absolute atomic E-state index is 0.0130. The number of methoxy groups -OCH3 is 1. The van der Waals surface area contributed by atoms with Crippen molar-refractivity contribution in [3.8, 4) is 0 Å². The van der Waals surface area contributed by atoms with Crippen LogP contribution in [-0.4, -0.2) is 43.2 Å². The lowest BCUT2D eigenvalue weighted by Crippen LogP contribution is -2.44. The van der Waals surface area contributed by atoms with E-state index in [4.69, 9.17) is 4.42 Å². The van der Waals surface area contributed by atoms with Gasteiger partial charge in [0.2, 0.25) is 0 Å². The quantitative estimate of drug-likeness (QED) is 0.798. The van der Waals surface area contributed by atoms with Crippen LogP contribution in [0.4, 0.5) is 13.2 Å². The molecular formula is C15H18F3NO4. The highest BCUT2D eigenvalue weighted by molar-refractivity contribution is 5.97. The third kappa shape index (κ3) is 3.68. The molecule has 1 amide bonds. The first kappa shape index (κ1) is 17.4. The maximum Gasteiger partial charge on any atom is 0.393 e. The first-order valence-electron chi connectivity index (χ1n) is 7.35. The van der Waals surface area contributed by atoms with Crippen molar-refractivity contribution in [2.24, 2.45) is 5.92 Å². The van der Waals surface area contributed by atoms with Gasteiger partial charge < -0.3 is 14.1 Å². The number of alkyl halides is 3. The molecule has 0 aromatic carbocycles. The predicted molar refractivity (Wildman–Crippen MR) is 74.1 cm³/mol. The lowest BCUT2D eigenvalue weighted by molar-refractivity contribution is -0.184. The van der Waals surface area contributed by atoms with Gasteiger partial charge in [-0.1, -0.05) is 6.92 Å². The Hall–Kier alpha value is -1.99. The molecule has 1 aromatic rings. The van der Waals surface area contributed by atoms with Crippen molar-refractivity contribution in [3.05, 3.63) is 23.2 Å². The molecule has 0 radical (unpaired) electrons. The summed E-state index contributed by atoms with van der Waals surface area (Å²) < 4.78 is 48.5. The largest absolute Gasteiger partial charge is 0.465 e. The summed E-state index contributed by atoms with van der Waals surface area (Å²) in [5.41, 5.74) is 0.128. The molecule has 0 bridgehead atoms. The van der Waals surface area contributed by atoms with E-state index < -0.39 is 30.5 Å². The summed E-state index contributed by atoms with van der Waals surface area (Å²) in [6.45, 7) is 1.58. The number of ether oxygens (including phenoxy) is 1. The molecule has 1 aromatic heterocycles. The molecule has 1 fully saturated rings. The third-order valence-electron chi connectivity index (χ3n) is 3.92. The second-order valence-corrected chi connectivity index (χ2v) is 5.42. The lowest BCUT2D eigenvalue weighted by atomic mass is 9.97.